The van der Waals surface area contributed by atoms with Gasteiger partial charge in [0.05, 0.1) is 11.1 Å². The number of nitrogens with zero attached hydrogens (tertiary/aromatic N) is 4. The zero-order valence-corrected chi connectivity index (χ0v) is 17.8. The Morgan fingerprint density at radius 3 is 2.45 bits per heavy atom. The number of hydrogen-bond acceptors (Lipinski definition) is 7. The van der Waals surface area contributed by atoms with Gasteiger partial charge in [-0.05, 0) is 30.3 Å². The number of benzene rings is 3. The van der Waals surface area contributed by atoms with Crippen LogP contribution < -0.4 is 0 Å². The van der Waals surface area contributed by atoms with Crippen molar-refractivity contribution in [2.45, 2.75) is 11.6 Å². The van der Waals surface area contributed by atoms with E-state index in [4.69, 9.17) is 4.74 Å². The largest absolute Gasteiger partial charge is 0.493 e. The van der Waals surface area contributed by atoms with Crippen LogP contribution in [0.5, 0.6) is 5.88 Å². The number of hydrogen-bond donors (Lipinski definition) is 1. The summed E-state index contributed by atoms with van der Waals surface area (Å²) in [6.07, 6.45) is 0. The lowest BCUT2D eigenvalue weighted by Crippen LogP contribution is -2.09. The van der Waals surface area contributed by atoms with Crippen LogP contribution in [0.2, 0.25) is 0 Å². The van der Waals surface area contributed by atoms with Gasteiger partial charge in [0.2, 0.25) is 5.88 Å². The minimum absolute atomic E-state index is 0.0541. The molecular formula is C23H16N4O5S. The molecule has 4 aromatic rings. The van der Waals surface area contributed by atoms with Gasteiger partial charge in [-0.2, -0.15) is 8.42 Å². The van der Waals surface area contributed by atoms with E-state index in [1.165, 1.54) is 10.6 Å². The molecule has 0 atom stereocenters. The molecule has 1 aromatic heterocycles. The minimum atomic E-state index is -3.84. The van der Waals surface area contributed by atoms with E-state index in [0.29, 0.717) is 22.0 Å². The third-order valence-electron chi connectivity index (χ3n) is 5.11. The third-order valence-corrected chi connectivity index (χ3v) is 6.43. The van der Waals surface area contributed by atoms with Crippen LogP contribution in [-0.2, 0) is 21.5 Å². The Morgan fingerprint density at radius 2 is 1.64 bits per heavy atom. The molecule has 10 heteroatoms. The Hall–Kier alpha value is -4.31. The smallest absolute Gasteiger partial charge is 0.339 e. The molecule has 0 radical (unpaired) electrons. The monoisotopic (exact) mass is 460 g/mol. The van der Waals surface area contributed by atoms with Crippen LogP contribution in [0.1, 0.15) is 15.9 Å². The van der Waals surface area contributed by atoms with Gasteiger partial charge in [0.1, 0.15) is 4.90 Å². The number of ether oxygens (including phenoxy) is 1. The van der Waals surface area contributed by atoms with Crippen molar-refractivity contribution in [2.75, 3.05) is 0 Å². The summed E-state index contributed by atoms with van der Waals surface area (Å²) < 4.78 is 34.9. The van der Waals surface area contributed by atoms with Crippen LogP contribution in [0.4, 0.5) is 5.69 Å². The standard InChI is InChI=1S/C23H16N4O5S/c28-22-20(24-25-21-17-11-5-7-13-19(17)33(30,31)26-21)16-10-4-6-12-18(16)27(22)14-32-23(29)15-8-2-1-3-9-15/h1-13,28H,14H2. The average molecular weight is 460 g/mol. The van der Waals surface area contributed by atoms with E-state index >= 15 is 0 Å². The average Bonchev–Trinajstić information content (AvgIpc) is 3.26. The predicted octanol–water partition coefficient (Wildman–Crippen LogP) is 4.39. The maximum Gasteiger partial charge on any atom is 0.339 e. The maximum absolute atomic E-state index is 12.3. The van der Waals surface area contributed by atoms with Gasteiger partial charge in [-0.25, -0.2) is 4.79 Å². The van der Waals surface area contributed by atoms with Gasteiger partial charge in [-0.15, -0.1) is 14.6 Å². The van der Waals surface area contributed by atoms with Crippen molar-refractivity contribution in [3.8, 4) is 5.88 Å². The van der Waals surface area contributed by atoms with E-state index in [-0.39, 0.29) is 29.0 Å². The molecular weight excluding hydrogens is 444 g/mol. The summed E-state index contributed by atoms with van der Waals surface area (Å²) in [7, 11) is -3.84. The van der Waals surface area contributed by atoms with Crippen LogP contribution in [0.3, 0.4) is 0 Å². The molecule has 33 heavy (non-hydrogen) atoms. The van der Waals surface area contributed by atoms with Crippen LogP contribution in [0.25, 0.3) is 10.9 Å². The summed E-state index contributed by atoms with van der Waals surface area (Å²) in [5, 5.41) is 19.5. The molecule has 5 rings (SSSR count). The van der Waals surface area contributed by atoms with E-state index in [1.54, 1.807) is 72.8 Å². The van der Waals surface area contributed by atoms with Gasteiger partial charge >= 0.3 is 5.97 Å². The van der Waals surface area contributed by atoms with Crippen molar-refractivity contribution in [1.29, 1.82) is 0 Å². The number of para-hydroxylation sites is 1. The zero-order valence-electron chi connectivity index (χ0n) is 17.0. The Balaban J connectivity index is 1.49. The number of amidine groups is 1. The lowest BCUT2D eigenvalue weighted by molar-refractivity contribution is 0.0369. The first-order chi connectivity index (χ1) is 16.0. The molecule has 0 spiro atoms. The first-order valence-corrected chi connectivity index (χ1v) is 11.3. The molecule has 0 saturated heterocycles. The molecule has 9 nitrogen and oxygen atoms in total. The fourth-order valence-electron chi connectivity index (χ4n) is 3.54. The Labute approximate surface area is 188 Å². The molecule has 0 saturated carbocycles. The second kappa shape index (κ2) is 7.99. The van der Waals surface area contributed by atoms with E-state index in [2.05, 4.69) is 14.6 Å². The third kappa shape index (κ3) is 3.66. The number of carbonyl (C=O) groups is 1. The second-order valence-electron chi connectivity index (χ2n) is 7.13. The fraction of sp³-hybridized carbons (Fsp3) is 0.0435. The SMILES string of the molecule is O=C(OCn1c(O)c(N=NC2=NS(=O)(=O)c3ccccc32)c2ccccc21)c1ccccc1. The normalized spacial score (nSPS) is 14.4. The number of aromatic hydroxyl groups is 1. The van der Waals surface area contributed by atoms with E-state index in [0.717, 1.165) is 0 Å². The van der Waals surface area contributed by atoms with Crippen molar-refractivity contribution in [1.82, 2.24) is 4.57 Å². The summed E-state index contributed by atoms with van der Waals surface area (Å²) in [5.41, 5.74) is 1.38. The Bertz CT molecular complexity index is 1560. The lowest BCUT2D eigenvalue weighted by Gasteiger charge is -2.08. The maximum atomic E-state index is 12.3. The molecule has 0 amide bonds. The topological polar surface area (TPSA) is 123 Å². The molecule has 0 bridgehead atoms. The van der Waals surface area contributed by atoms with Gasteiger partial charge in [0.25, 0.3) is 10.0 Å². The minimum Gasteiger partial charge on any atom is -0.493 e. The van der Waals surface area contributed by atoms with Crippen molar-refractivity contribution < 1.29 is 23.1 Å². The van der Waals surface area contributed by atoms with Crippen molar-refractivity contribution >= 4 is 38.4 Å². The van der Waals surface area contributed by atoms with Gasteiger partial charge in [0, 0.05) is 10.9 Å². The number of sulfonamides is 1. The molecule has 0 fully saturated rings. The molecule has 1 aliphatic heterocycles. The van der Waals surface area contributed by atoms with Crippen LogP contribution in [0.15, 0.2) is 98.4 Å². The first-order valence-electron chi connectivity index (χ1n) is 9.84. The number of fused-ring (bicyclic) bond motifs is 2. The van der Waals surface area contributed by atoms with Crippen LogP contribution in [0, 0.1) is 0 Å². The molecule has 1 aliphatic rings. The van der Waals surface area contributed by atoms with Crippen LogP contribution in [-0.4, -0.2) is 29.9 Å². The molecule has 0 unspecified atom stereocenters. The highest BCUT2D eigenvalue weighted by Gasteiger charge is 2.28. The Morgan fingerprint density at radius 1 is 0.939 bits per heavy atom. The summed E-state index contributed by atoms with van der Waals surface area (Å²) in [6.45, 7) is -0.256. The van der Waals surface area contributed by atoms with E-state index < -0.39 is 16.0 Å². The van der Waals surface area contributed by atoms with Gasteiger partial charge < -0.3 is 9.84 Å². The summed E-state index contributed by atoms with van der Waals surface area (Å²) >= 11 is 0. The molecule has 0 aliphatic carbocycles. The molecule has 2 heterocycles. The summed E-state index contributed by atoms with van der Waals surface area (Å²) in [5.74, 6) is -0.897. The first kappa shape index (κ1) is 20.6. The van der Waals surface area contributed by atoms with Gasteiger partial charge in [0.15, 0.2) is 18.3 Å². The van der Waals surface area contributed by atoms with Gasteiger partial charge in [-0.3, -0.25) is 4.57 Å². The Kier molecular flexibility index (Phi) is 4.98. The number of carbonyl (C=O) groups excluding carboxylic acids is 1. The van der Waals surface area contributed by atoms with Crippen molar-refractivity contribution in [2.24, 2.45) is 14.6 Å². The van der Waals surface area contributed by atoms with Gasteiger partial charge in [-0.1, -0.05) is 48.5 Å². The number of rotatable bonds is 4. The second-order valence-corrected chi connectivity index (χ2v) is 8.70. The quantitative estimate of drug-likeness (QED) is 0.357. The highest BCUT2D eigenvalue weighted by Crippen LogP contribution is 2.39. The van der Waals surface area contributed by atoms with Crippen molar-refractivity contribution in [3.05, 3.63) is 90.0 Å². The van der Waals surface area contributed by atoms with E-state index in [1.807, 2.05) is 0 Å². The predicted molar refractivity (Wildman–Crippen MR) is 120 cm³/mol. The van der Waals surface area contributed by atoms with E-state index in [9.17, 15) is 18.3 Å². The fourth-order valence-corrected chi connectivity index (χ4v) is 4.69. The van der Waals surface area contributed by atoms with Crippen LogP contribution >= 0.6 is 0 Å². The van der Waals surface area contributed by atoms with Crippen molar-refractivity contribution in [3.63, 3.8) is 0 Å². The number of esters is 1. The number of aromatic nitrogens is 1. The zero-order chi connectivity index (χ0) is 23.0. The summed E-state index contributed by atoms with van der Waals surface area (Å²) in [4.78, 5) is 12.4. The lowest BCUT2D eigenvalue weighted by atomic mass is 10.2. The molecule has 164 valence electrons. The highest BCUT2D eigenvalue weighted by molar-refractivity contribution is 7.90. The number of azo groups is 1. The molecule has 1 N–H and O–H groups in total. The highest BCUT2D eigenvalue weighted by atomic mass is 32.2. The molecule has 3 aromatic carbocycles. The summed E-state index contributed by atoms with van der Waals surface area (Å²) in [6, 6.07) is 21.8.